The lowest BCUT2D eigenvalue weighted by Gasteiger charge is -2.39. The molecule has 0 saturated carbocycles. The lowest BCUT2D eigenvalue weighted by Crippen LogP contribution is -2.47. The van der Waals surface area contributed by atoms with Crippen LogP contribution >= 0.6 is 0 Å². The van der Waals surface area contributed by atoms with Gasteiger partial charge in [-0.05, 0) is 45.2 Å². The standard InChI is InChI=1S/C24H39F3O3/c1-5-9-10-11-12-13-16-22(24(28-6-2,29-7-3)30-8-4)19-20-15-14-17-21(18-20)23(25,26)27/h14-15,17-18,22H,5-13,16,19H2,1-4H3. The first kappa shape index (κ1) is 26.9. The average Bonchev–Trinajstić information content (AvgIpc) is 2.70. The van der Waals surface area contributed by atoms with Gasteiger partial charge in [-0.15, -0.1) is 0 Å². The van der Waals surface area contributed by atoms with E-state index in [1.807, 2.05) is 20.8 Å². The third-order valence-corrected chi connectivity index (χ3v) is 5.18. The van der Waals surface area contributed by atoms with E-state index in [9.17, 15) is 13.2 Å². The van der Waals surface area contributed by atoms with Crippen molar-refractivity contribution in [3.8, 4) is 0 Å². The molecule has 0 amide bonds. The van der Waals surface area contributed by atoms with Crippen LogP contribution in [0.25, 0.3) is 0 Å². The van der Waals surface area contributed by atoms with E-state index in [0.29, 0.717) is 31.8 Å². The van der Waals surface area contributed by atoms with E-state index in [1.165, 1.54) is 31.4 Å². The molecule has 0 aliphatic rings. The number of unbranched alkanes of at least 4 members (excludes halogenated alkanes) is 5. The lowest BCUT2D eigenvalue weighted by atomic mass is 9.90. The highest BCUT2D eigenvalue weighted by molar-refractivity contribution is 5.26. The van der Waals surface area contributed by atoms with E-state index >= 15 is 0 Å². The van der Waals surface area contributed by atoms with Crippen molar-refractivity contribution >= 4 is 0 Å². The SMILES string of the molecule is CCCCCCCCC(Cc1cccc(C(F)(F)F)c1)C(OCC)(OCC)OCC. The molecular weight excluding hydrogens is 393 g/mol. The van der Waals surface area contributed by atoms with E-state index in [1.54, 1.807) is 6.07 Å². The molecule has 1 rings (SSSR count). The Morgan fingerprint density at radius 2 is 1.37 bits per heavy atom. The molecule has 0 saturated heterocycles. The molecule has 1 aromatic carbocycles. The van der Waals surface area contributed by atoms with Crippen LogP contribution in [0.2, 0.25) is 0 Å². The predicted octanol–water partition coefficient (Wildman–Crippen LogP) is 7.38. The summed E-state index contributed by atoms with van der Waals surface area (Å²) in [6.07, 6.45) is 3.65. The summed E-state index contributed by atoms with van der Waals surface area (Å²) in [7, 11) is 0. The molecule has 30 heavy (non-hydrogen) atoms. The summed E-state index contributed by atoms with van der Waals surface area (Å²) in [5, 5.41) is 0. The maximum atomic E-state index is 13.2. The first-order chi connectivity index (χ1) is 14.3. The molecular formula is C24H39F3O3. The van der Waals surface area contributed by atoms with E-state index in [-0.39, 0.29) is 5.92 Å². The monoisotopic (exact) mass is 432 g/mol. The maximum Gasteiger partial charge on any atom is 0.416 e. The Bertz CT molecular complexity index is 558. The molecule has 0 N–H and O–H groups in total. The highest BCUT2D eigenvalue weighted by atomic mass is 19.4. The highest BCUT2D eigenvalue weighted by Crippen LogP contribution is 2.35. The van der Waals surface area contributed by atoms with Crippen LogP contribution in [0.5, 0.6) is 0 Å². The van der Waals surface area contributed by atoms with Gasteiger partial charge in [0.25, 0.3) is 5.97 Å². The third-order valence-electron chi connectivity index (χ3n) is 5.18. The Kier molecular flexibility index (Phi) is 12.6. The second-order valence-electron chi connectivity index (χ2n) is 7.56. The first-order valence-corrected chi connectivity index (χ1v) is 11.4. The van der Waals surface area contributed by atoms with Gasteiger partial charge in [0.2, 0.25) is 0 Å². The van der Waals surface area contributed by atoms with Gasteiger partial charge in [0.15, 0.2) is 0 Å². The Hall–Kier alpha value is -1.11. The van der Waals surface area contributed by atoms with Crippen molar-refractivity contribution in [3.05, 3.63) is 35.4 Å². The normalized spacial score (nSPS) is 13.6. The molecule has 1 unspecified atom stereocenters. The third kappa shape index (κ3) is 8.94. The van der Waals surface area contributed by atoms with Gasteiger partial charge in [0.05, 0.1) is 5.56 Å². The van der Waals surface area contributed by atoms with Gasteiger partial charge in [0, 0.05) is 25.7 Å². The van der Waals surface area contributed by atoms with Gasteiger partial charge in [-0.3, -0.25) is 0 Å². The summed E-state index contributed by atoms with van der Waals surface area (Å²) < 4.78 is 57.4. The van der Waals surface area contributed by atoms with Crippen LogP contribution in [0.1, 0.15) is 83.8 Å². The van der Waals surface area contributed by atoms with Crippen molar-refractivity contribution in [1.29, 1.82) is 0 Å². The molecule has 0 aromatic heterocycles. The van der Waals surface area contributed by atoms with Crippen LogP contribution in [0.4, 0.5) is 13.2 Å². The summed E-state index contributed by atoms with van der Waals surface area (Å²) in [5.41, 5.74) is -0.0163. The Morgan fingerprint density at radius 3 is 1.90 bits per heavy atom. The predicted molar refractivity (Wildman–Crippen MR) is 114 cm³/mol. The molecule has 174 valence electrons. The summed E-state index contributed by atoms with van der Waals surface area (Å²) in [6.45, 7) is 9.00. The van der Waals surface area contributed by atoms with Crippen molar-refractivity contribution in [1.82, 2.24) is 0 Å². The molecule has 0 heterocycles. The van der Waals surface area contributed by atoms with E-state index in [0.717, 1.165) is 31.7 Å². The Balaban J connectivity index is 3.05. The average molecular weight is 433 g/mol. The number of benzene rings is 1. The van der Waals surface area contributed by atoms with Crippen molar-refractivity contribution in [2.75, 3.05) is 19.8 Å². The van der Waals surface area contributed by atoms with Crippen LogP contribution < -0.4 is 0 Å². The number of ether oxygens (including phenoxy) is 3. The fourth-order valence-corrected chi connectivity index (χ4v) is 3.82. The number of halogens is 3. The van der Waals surface area contributed by atoms with Gasteiger partial charge in [0.1, 0.15) is 0 Å². The zero-order valence-electron chi connectivity index (χ0n) is 19.0. The van der Waals surface area contributed by atoms with Gasteiger partial charge in [-0.1, -0.05) is 63.6 Å². The zero-order chi connectivity index (χ0) is 22.5. The molecule has 0 aliphatic heterocycles. The second kappa shape index (κ2) is 14.0. The van der Waals surface area contributed by atoms with Gasteiger partial charge < -0.3 is 14.2 Å². The first-order valence-electron chi connectivity index (χ1n) is 11.4. The van der Waals surface area contributed by atoms with Gasteiger partial charge in [-0.25, -0.2) is 0 Å². The van der Waals surface area contributed by atoms with Crippen molar-refractivity contribution in [2.24, 2.45) is 5.92 Å². The molecule has 0 aliphatic carbocycles. The fraction of sp³-hybridized carbons (Fsp3) is 0.750. The quantitative estimate of drug-likeness (QED) is 0.201. The summed E-state index contributed by atoms with van der Waals surface area (Å²) in [4.78, 5) is 0. The minimum absolute atomic E-state index is 0.202. The molecule has 3 nitrogen and oxygen atoms in total. The molecule has 0 fully saturated rings. The lowest BCUT2D eigenvalue weighted by molar-refractivity contribution is -0.402. The van der Waals surface area contributed by atoms with E-state index in [4.69, 9.17) is 14.2 Å². The number of alkyl halides is 3. The van der Waals surface area contributed by atoms with Crippen molar-refractivity contribution < 1.29 is 27.4 Å². The zero-order valence-corrected chi connectivity index (χ0v) is 19.0. The van der Waals surface area contributed by atoms with Gasteiger partial charge in [-0.2, -0.15) is 13.2 Å². The maximum absolute atomic E-state index is 13.2. The molecule has 1 aromatic rings. The van der Waals surface area contributed by atoms with Crippen LogP contribution in [0.15, 0.2) is 24.3 Å². The fourth-order valence-electron chi connectivity index (χ4n) is 3.82. The van der Waals surface area contributed by atoms with Crippen LogP contribution in [-0.2, 0) is 26.8 Å². The molecule has 1 atom stereocenters. The van der Waals surface area contributed by atoms with E-state index in [2.05, 4.69) is 6.92 Å². The Labute approximate surface area is 180 Å². The summed E-state index contributed by atoms with van der Waals surface area (Å²) >= 11 is 0. The topological polar surface area (TPSA) is 27.7 Å². The van der Waals surface area contributed by atoms with Gasteiger partial charge >= 0.3 is 6.18 Å². The molecule has 0 radical (unpaired) electrons. The number of rotatable bonds is 16. The largest absolute Gasteiger partial charge is 0.416 e. The summed E-state index contributed by atoms with van der Waals surface area (Å²) in [5.74, 6) is -1.44. The second-order valence-corrected chi connectivity index (χ2v) is 7.56. The Morgan fingerprint density at radius 1 is 0.800 bits per heavy atom. The smallest absolute Gasteiger partial charge is 0.328 e. The van der Waals surface area contributed by atoms with Crippen LogP contribution in [0.3, 0.4) is 0 Å². The van der Waals surface area contributed by atoms with Crippen molar-refractivity contribution in [2.45, 2.75) is 91.2 Å². The number of hydrogen-bond donors (Lipinski definition) is 0. The molecule has 0 spiro atoms. The molecule has 0 bridgehead atoms. The highest BCUT2D eigenvalue weighted by Gasteiger charge is 2.42. The van der Waals surface area contributed by atoms with Crippen molar-refractivity contribution in [3.63, 3.8) is 0 Å². The van der Waals surface area contributed by atoms with Crippen LogP contribution in [-0.4, -0.2) is 25.8 Å². The minimum atomic E-state index is -4.36. The number of hydrogen-bond acceptors (Lipinski definition) is 3. The summed E-state index contributed by atoms with van der Waals surface area (Å²) in [6, 6.07) is 5.53. The van der Waals surface area contributed by atoms with E-state index < -0.39 is 17.7 Å². The molecule has 6 heteroatoms. The van der Waals surface area contributed by atoms with Crippen LogP contribution in [0, 0.1) is 5.92 Å². The minimum Gasteiger partial charge on any atom is -0.328 e.